The highest BCUT2D eigenvalue weighted by Gasteiger charge is 2.28. The van der Waals surface area contributed by atoms with Crippen LogP contribution in [0.3, 0.4) is 0 Å². The van der Waals surface area contributed by atoms with Crippen LogP contribution in [0.25, 0.3) is 22.2 Å². The molecule has 32 heavy (non-hydrogen) atoms. The van der Waals surface area contributed by atoms with E-state index in [9.17, 15) is 9.59 Å². The van der Waals surface area contributed by atoms with Crippen molar-refractivity contribution in [2.24, 2.45) is 5.92 Å². The molecule has 0 bridgehead atoms. The van der Waals surface area contributed by atoms with Gasteiger partial charge < -0.3 is 14.5 Å². The molecule has 1 aromatic carbocycles. The van der Waals surface area contributed by atoms with Crippen LogP contribution in [0.2, 0.25) is 0 Å². The minimum Gasteiger partial charge on any atom is -0.493 e. The van der Waals surface area contributed by atoms with Gasteiger partial charge in [0.05, 0.1) is 25.3 Å². The van der Waals surface area contributed by atoms with E-state index in [1.807, 2.05) is 6.07 Å². The molecule has 7 nitrogen and oxygen atoms in total. The van der Waals surface area contributed by atoms with Crippen molar-refractivity contribution < 1.29 is 14.3 Å². The van der Waals surface area contributed by atoms with Crippen LogP contribution in [0.1, 0.15) is 49.2 Å². The first-order valence-electron chi connectivity index (χ1n) is 10.8. The smallest absolute Gasteiger partial charge is 0.261 e. The van der Waals surface area contributed by atoms with Crippen LogP contribution in [-0.4, -0.2) is 40.7 Å². The lowest BCUT2D eigenvalue weighted by Gasteiger charge is -2.20. The summed E-state index contributed by atoms with van der Waals surface area (Å²) in [5.74, 6) is 2.53. The number of aryl methyl sites for hydroxylation is 1. The fourth-order valence-electron chi connectivity index (χ4n) is 3.96. The number of H-pyrrole nitrogens is 1. The average molecular weight is 454 g/mol. The van der Waals surface area contributed by atoms with Crippen LogP contribution in [0.15, 0.2) is 28.2 Å². The minimum atomic E-state index is -0.291. The van der Waals surface area contributed by atoms with E-state index < -0.39 is 0 Å². The number of carbonyl (C=O) groups excluding carboxylic acids is 1. The second-order valence-electron chi connectivity index (χ2n) is 8.26. The van der Waals surface area contributed by atoms with Crippen LogP contribution in [0.5, 0.6) is 11.5 Å². The Morgan fingerprint density at radius 2 is 1.84 bits per heavy atom. The van der Waals surface area contributed by atoms with Gasteiger partial charge in [0.1, 0.15) is 0 Å². The maximum Gasteiger partial charge on any atom is 0.261 e. The number of benzene rings is 1. The first-order chi connectivity index (χ1) is 15.4. The molecule has 2 heterocycles. The van der Waals surface area contributed by atoms with E-state index in [0.717, 1.165) is 18.6 Å². The normalized spacial score (nSPS) is 13.5. The number of ketones is 1. The van der Waals surface area contributed by atoms with Gasteiger partial charge in [-0.1, -0.05) is 31.7 Å². The Balaban J connectivity index is 1.95. The molecule has 0 amide bonds. The van der Waals surface area contributed by atoms with Crippen molar-refractivity contribution in [3.8, 4) is 22.6 Å². The number of nitrogens with one attached hydrogen (secondary N) is 1. The van der Waals surface area contributed by atoms with Gasteiger partial charge in [-0.3, -0.25) is 9.59 Å². The number of nitrogens with zero attached hydrogens (tertiary/aromatic N) is 2. The zero-order valence-corrected chi connectivity index (χ0v) is 19.6. The van der Waals surface area contributed by atoms with Gasteiger partial charge in [0.25, 0.3) is 5.56 Å². The summed E-state index contributed by atoms with van der Waals surface area (Å²) in [5.41, 5.74) is 2.58. The molecule has 0 atom stereocenters. The maximum atomic E-state index is 13.2. The Hall–Kier alpha value is -2.87. The SMILES string of the molecule is COc1ccc(-c2c3c(nc4nc(SCCC(C)C)[nH]c(=O)c24)CCCC3=O)cc1OC. The molecule has 2 aromatic heterocycles. The highest BCUT2D eigenvalue weighted by molar-refractivity contribution is 7.99. The number of fused-ring (bicyclic) bond motifs is 2. The second kappa shape index (κ2) is 9.32. The zero-order valence-electron chi connectivity index (χ0n) is 18.8. The van der Waals surface area contributed by atoms with Crippen molar-refractivity contribution in [2.75, 3.05) is 20.0 Å². The fourth-order valence-corrected chi connectivity index (χ4v) is 5.06. The highest BCUT2D eigenvalue weighted by Crippen LogP contribution is 2.39. The maximum absolute atomic E-state index is 13.2. The molecule has 3 aromatic rings. The van der Waals surface area contributed by atoms with Crippen LogP contribution < -0.4 is 15.0 Å². The number of carbonyl (C=O) groups is 1. The molecule has 1 aliphatic carbocycles. The second-order valence-corrected chi connectivity index (χ2v) is 9.34. The molecule has 0 radical (unpaired) electrons. The quantitative estimate of drug-likeness (QED) is 0.411. The van der Waals surface area contributed by atoms with Gasteiger partial charge in [-0.05, 0) is 42.9 Å². The third-order valence-electron chi connectivity index (χ3n) is 5.61. The third-order valence-corrected chi connectivity index (χ3v) is 6.52. The summed E-state index contributed by atoms with van der Waals surface area (Å²) in [5, 5.41) is 0.885. The van der Waals surface area contributed by atoms with Gasteiger partial charge in [0, 0.05) is 23.3 Å². The van der Waals surface area contributed by atoms with Gasteiger partial charge in [0.2, 0.25) is 0 Å². The van der Waals surface area contributed by atoms with Gasteiger partial charge in [0.15, 0.2) is 28.1 Å². The summed E-state index contributed by atoms with van der Waals surface area (Å²) in [6.07, 6.45) is 2.89. The predicted molar refractivity (Wildman–Crippen MR) is 126 cm³/mol. The van der Waals surface area contributed by atoms with Gasteiger partial charge in [-0.15, -0.1) is 0 Å². The lowest BCUT2D eigenvalue weighted by molar-refractivity contribution is 0.0972. The number of ether oxygens (including phenoxy) is 2. The van der Waals surface area contributed by atoms with Crippen LogP contribution in [-0.2, 0) is 6.42 Å². The Morgan fingerprint density at radius 3 is 2.56 bits per heavy atom. The van der Waals surface area contributed by atoms with Crippen molar-refractivity contribution in [1.29, 1.82) is 0 Å². The Morgan fingerprint density at radius 1 is 1.06 bits per heavy atom. The number of methoxy groups -OCH3 is 2. The first-order valence-corrected chi connectivity index (χ1v) is 11.8. The molecular weight excluding hydrogens is 426 g/mol. The van der Waals surface area contributed by atoms with E-state index in [-0.39, 0.29) is 11.3 Å². The monoisotopic (exact) mass is 453 g/mol. The van der Waals surface area contributed by atoms with Crippen molar-refractivity contribution >= 4 is 28.6 Å². The van der Waals surface area contributed by atoms with E-state index >= 15 is 0 Å². The molecule has 0 saturated carbocycles. The largest absolute Gasteiger partial charge is 0.493 e. The fraction of sp³-hybridized carbons (Fsp3) is 0.417. The summed E-state index contributed by atoms with van der Waals surface area (Å²) >= 11 is 1.52. The van der Waals surface area contributed by atoms with Crippen molar-refractivity contribution in [2.45, 2.75) is 44.7 Å². The van der Waals surface area contributed by atoms with Crippen molar-refractivity contribution in [3.63, 3.8) is 0 Å². The zero-order chi connectivity index (χ0) is 22.8. The Bertz CT molecular complexity index is 1240. The summed E-state index contributed by atoms with van der Waals surface area (Å²) in [7, 11) is 3.12. The number of Topliss-reactive ketones (excluding diaryl/α,β-unsaturated/α-hetero) is 1. The predicted octanol–water partition coefficient (Wildman–Crippen LogP) is 4.66. The van der Waals surface area contributed by atoms with E-state index in [1.54, 1.807) is 26.4 Å². The van der Waals surface area contributed by atoms with E-state index in [0.29, 0.717) is 68.8 Å². The number of thioether (sulfide) groups is 1. The van der Waals surface area contributed by atoms with Crippen LogP contribution in [0.4, 0.5) is 0 Å². The molecule has 1 N–H and O–H groups in total. The summed E-state index contributed by atoms with van der Waals surface area (Å²) < 4.78 is 10.8. The molecule has 168 valence electrons. The minimum absolute atomic E-state index is 0.000204. The number of rotatable bonds is 7. The highest BCUT2D eigenvalue weighted by atomic mass is 32.2. The van der Waals surface area contributed by atoms with Crippen molar-refractivity contribution in [1.82, 2.24) is 15.0 Å². The lowest BCUT2D eigenvalue weighted by atomic mass is 9.86. The third kappa shape index (κ3) is 4.24. The summed E-state index contributed by atoms with van der Waals surface area (Å²) in [6.45, 7) is 4.33. The van der Waals surface area contributed by atoms with Gasteiger partial charge >= 0.3 is 0 Å². The van der Waals surface area contributed by atoms with E-state index in [2.05, 4.69) is 28.8 Å². The van der Waals surface area contributed by atoms with Crippen molar-refractivity contribution in [3.05, 3.63) is 39.8 Å². The molecule has 0 saturated heterocycles. The number of hydrogen-bond donors (Lipinski definition) is 1. The summed E-state index contributed by atoms with van der Waals surface area (Å²) in [6, 6.07) is 5.40. The Kier molecular flexibility index (Phi) is 6.50. The lowest BCUT2D eigenvalue weighted by Crippen LogP contribution is -2.19. The first kappa shape index (κ1) is 22.3. The van der Waals surface area contributed by atoms with E-state index in [4.69, 9.17) is 9.47 Å². The average Bonchev–Trinajstić information content (AvgIpc) is 2.77. The molecule has 1 aliphatic rings. The molecule has 0 fully saturated rings. The number of hydrogen-bond acceptors (Lipinski definition) is 7. The molecule has 4 rings (SSSR count). The number of aromatic amines is 1. The van der Waals surface area contributed by atoms with Crippen LogP contribution >= 0.6 is 11.8 Å². The standard InChI is InChI=1S/C24H27N3O4S/c1-13(2)10-11-32-24-26-22-21(23(29)27-24)19(20-15(25-22)6-5-7-16(20)28)14-8-9-17(30-3)18(12-14)31-4/h8-9,12-13H,5-7,10-11H2,1-4H3,(H,25,26,27,29). The topological polar surface area (TPSA) is 94.2 Å². The summed E-state index contributed by atoms with van der Waals surface area (Å²) in [4.78, 5) is 38.4. The molecule has 0 spiro atoms. The number of aromatic nitrogens is 3. The molecule has 8 heteroatoms. The van der Waals surface area contributed by atoms with E-state index in [1.165, 1.54) is 11.8 Å². The van der Waals surface area contributed by atoms with Gasteiger partial charge in [-0.2, -0.15) is 0 Å². The molecule has 0 aliphatic heterocycles. The number of pyridine rings is 1. The van der Waals surface area contributed by atoms with Crippen LogP contribution in [0, 0.1) is 5.92 Å². The molecular formula is C24H27N3O4S. The Labute approximate surface area is 191 Å². The molecule has 0 unspecified atom stereocenters. The van der Waals surface area contributed by atoms with Gasteiger partial charge in [-0.25, -0.2) is 9.97 Å².